The summed E-state index contributed by atoms with van der Waals surface area (Å²) in [5, 5.41) is 22.4. The Balaban J connectivity index is 1.41. The highest BCUT2D eigenvalue weighted by molar-refractivity contribution is 7.13. The van der Waals surface area contributed by atoms with Crippen molar-refractivity contribution in [3.63, 3.8) is 0 Å². The molecule has 3 aromatic rings. The lowest BCUT2D eigenvalue weighted by Gasteiger charge is -2.05. The van der Waals surface area contributed by atoms with E-state index in [-0.39, 0.29) is 5.91 Å². The van der Waals surface area contributed by atoms with Gasteiger partial charge in [-0.1, -0.05) is 6.07 Å². The third kappa shape index (κ3) is 4.70. The Morgan fingerprint density at radius 2 is 2.27 bits per heavy atom. The molecule has 0 aliphatic heterocycles. The van der Waals surface area contributed by atoms with Crippen molar-refractivity contribution in [3.05, 3.63) is 41.5 Å². The summed E-state index contributed by atoms with van der Waals surface area (Å²) < 4.78 is 0. The van der Waals surface area contributed by atoms with Crippen LogP contribution < -0.4 is 10.6 Å². The molecule has 3 rings (SSSR count). The first-order chi connectivity index (χ1) is 12.8. The van der Waals surface area contributed by atoms with E-state index in [1.807, 2.05) is 17.5 Å². The Hall–Kier alpha value is -3.14. The van der Waals surface area contributed by atoms with Gasteiger partial charge in [0.25, 0.3) is 5.91 Å². The van der Waals surface area contributed by atoms with Crippen molar-refractivity contribution in [2.24, 2.45) is 10.2 Å². The van der Waals surface area contributed by atoms with Crippen molar-refractivity contribution in [2.75, 3.05) is 25.5 Å². The highest BCUT2D eigenvalue weighted by Crippen LogP contribution is 2.22. The van der Waals surface area contributed by atoms with Gasteiger partial charge in [0.05, 0.1) is 10.6 Å². The molecule has 0 aliphatic carbocycles. The monoisotopic (exact) mass is 370 g/mol. The molecule has 9 nitrogen and oxygen atoms in total. The quantitative estimate of drug-likeness (QED) is 0.416. The molecular formula is C16H18N8OS. The lowest BCUT2D eigenvalue weighted by atomic mass is 10.3. The standard InChI is InChI=1S/C16H18N8OS/c1-17-24-14-5-8-20-16(21-14)19-7-3-6-18-15(25)12-10-11(22-23-12)13-4-2-9-26-13/h2,4-5,8-10H,3,6-7H2,1H3,(H,18,25)(H,22,23)(H,19,20,21). The predicted octanol–water partition coefficient (Wildman–Crippen LogP) is 2.87. The van der Waals surface area contributed by atoms with Crippen LogP contribution >= 0.6 is 11.3 Å². The molecule has 134 valence electrons. The van der Waals surface area contributed by atoms with Crippen LogP contribution in [0.3, 0.4) is 0 Å². The average molecular weight is 370 g/mol. The molecule has 0 unspecified atom stereocenters. The molecule has 0 radical (unpaired) electrons. The number of carbonyl (C=O) groups is 1. The number of thiophene rings is 1. The largest absolute Gasteiger partial charge is 0.354 e. The summed E-state index contributed by atoms with van der Waals surface area (Å²) in [6.07, 6.45) is 2.33. The normalized spacial score (nSPS) is 11.0. The SMILES string of the molecule is CN=Nc1ccnc(NCCCNC(=O)c2cc(-c3cccs3)[nH]n2)n1. The topological polar surface area (TPSA) is 120 Å². The fraction of sp³-hybridized carbons (Fsp3) is 0.250. The molecule has 3 aromatic heterocycles. The molecule has 0 bridgehead atoms. The molecule has 0 spiro atoms. The van der Waals surface area contributed by atoms with E-state index in [2.05, 4.69) is 41.0 Å². The third-order valence-electron chi connectivity index (χ3n) is 3.36. The van der Waals surface area contributed by atoms with Crippen LogP contribution in [-0.2, 0) is 0 Å². The Morgan fingerprint density at radius 3 is 3.08 bits per heavy atom. The fourth-order valence-corrected chi connectivity index (χ4v) is 2.86. The molecule has 3 heterocycles. The van der Waals surface area contributed by atoms with E-state index in [9.17, 15) is 4.79 Å². The van der Waals surface area contributed by atoms with Crippen LogP contribution in [0.5, 0.6) is 0 Å². The second-order valence-electron chi connectivity index (χ2n) is 5.22. The molecule has 0 aromatic carbocycles. The Morgan fingerprint density at radius 1 is 1.35 bits per heavy atom. The van der Waals surface area contributed by atoms with Crippen molar-refractivity contribution in [1.82, 2.24) is 25.5 Å². The summed E-state index contributed by atoms with van der Waals surface area (Å²) in [7, 11) is 1.58. The number of amides is 1. The molecule has 0 aliphatic rings. The molecule has 3 N–H and O–H groups in total. The fourth-order valence-electron chi connectivity index (χ4n) is 2.17. The number of carbonyl (C=O) groups excluding carboxylic acids is 1. The number of aromatic nitrogens is 4. The summed E-state index contributed by atoms with van der Waals surface area (Å²) in [4.78, 5) is 21.5. The zero-order valence-electron chi connectivity index (χ0n) is 14.1. The van der Waals surface area contributed by atoms with Crippen molar-refractivity contribution in [3.8, 4) is 10.6 Å². The predicted molar refractivity (Wildman–Crippen MR) is 99.8 cm³/mol. The van der Waals surface area contributed by atoms with Crippen LogP contribution in [-0.4, -0.2) is 46.2 Å². The van der Waals surface area contributed by atoms with Gasteiger partial charge in [-0.3, -0.25) is 9.89 Å². The number of rotatable bonds is 8. The van der Waals surface area contributed by atoms with E-state index in [1.54, 1.807) is 36.7 Å². The Bertz CT molecular complexity index is 874. The van der Waals surface area contributed by atoms with E-state index < -0.39 is 0 Å². The second-order valence-corrected chi connectivity index (χ2v) is 6.17. The summed E-state index contributed by atoms with van der Waals surface area (Å²) in [5.74, 6) is 0.776. The smallest absolute Gasteiger partial charge is 0.271 e. The van der Waals surface area contributed by atoms with Gasteiger partial charge in [0.2, 0.25) is 5.95 Å². The van der Waals surface area contributed by atoms with Gasteiger partial charge >= 0.3 is 0 Å². The molecule has 26 heavy (non-hydrogen) atoms. The minimum atomic E-state index is -0.203. The van der Waals surface area contributed by atoms with Crippen LogP contribution in [0, 0.1) is 0 Å². The molecule has 0 fully saturated rings. The second kappa shape index (κ2) is 8.81. The minimum absolute atomic E-state index is 0.203. The summed E-state index contributed by atoms with van der Waals surface area (Å²) in [6.45, 7) is 1.13. The maximum atomic E-state index is 12.1. The number of nitrogens with zero attached hydrogens (tertiary/aromatic N) is 5. The lowest BCUT2D eigenvalue weighted by molar-refractivity contribution is 0.0948. The number of anilines is 1. The summed E-state index contributed by atoms with van der Waals surface area (Å²) >= 11 is 1.59. The van der Waals surface area contributed by atoms with E-state index in [1.165, 1.54) is 0 Å². The first-order valence-electron chi connectivity index (χ1n) is 8.00. The van der Waals surface area contributed by atoms with Gasteiger partial charge in [0, 0.05) is 32.4 Å². The third-order valence-corrected chi connectivity index (χ3v) is 4.27. The lowest BCUT2D eigenvalue weighted by Crippen LogP contribution is -2.26. The molecule has 1 amide bonds. The summed E-state index contributed by atoms with van der Waals surface area (Å²) in [6, 6.07) is 7.36. The van der Waals surface area contributed by atoms with Crippen molar-refractivity contribution >= 4 is 29.0 Å². The number of hydrogen-bond acceptors (Lipinski definition) is 8. The maximum absolute atomic E-state index is 12.1. The van der Waals surface area contributed by atoms with Crippen molar-refractivity contribution < 1.29 is 4.79 Å². The number of hydrogen-bond donors (Lipinski definition) is 3. The highest BCUT2D eigenvalue weighted by atomic mass is 32.1. The number of azo groups is 1. The van der Waals surface area contributed by atoms with Gasteiger partial charge in [0.15, 0.2) is 11.5 Å². The van der Waals surface area contributed by atoms with Gasteiger partial charge in [0.1, 0.15) is 0 Å². The Kier molecular flexibility index (Phi) is 5.99. The van der Waals surface area contributed by atoms with E-state index in [0.717, 1.165) is 17.0 Å². The Labute approximate surface area is 154 Å². The van der Waals surface area contributed by atoms with Crippen molar-refractivity contribution in [2.45, 2.75) is 6.42 Å². The first-order valence-corrected chi connectivity index (χ1v) is 8.88. The van der Waals surface area contributed by atoms with Gasteiger partial charge in [-0.25, -0.2) is 4.98 Å². The first kappa shape index (κ1) is 17.7. The zero-order chi connectivity index (χ0) is 18.2. The molecule has 0 atom stereocenters. The van der Waals surface area contributed by atoms with Gasteiger partial charge in [-0.2, -0.15) is 15.2 Å². The van der Waals surface area contributed by atoms with Crippen LogP contribution in [0.25, 0.3) is 10.6 Å². The van der Waals surface area contributed by atoms with Gasteiger partial charge < -0.3 is 10.6 Å². The minimum Gasteiger partial charge on any atom is -0.354 e. The molecule has 0 saturated carbocycles. The molecule has 0 saturated heterocycles. The van der Waals surface area contributed by atoms with Crippen LogP contribution in [0.4, 0.5) is 11.8 Å². The zero-order valence-corrected chi connectivity index (χ0v) is 15.0. The summed E-state index contributed by atoms with van der Waals surface area (Å²) in [5.41, 5.74) is 1.22. The van der Waals surface area contributed by atoms with Crippen LogP contribution in [0.15, 0.2) is 46.1 Å². The average Bonchev–Trinajstić information content (AvgIpc) is 3.33. The van der Waals surface area contributed by atoms with Crippen molar-refractivity contribution in [1.29, 1.82) is 0 Å². The number of aromatic amines is 1. The number of nitrogens with one attached hydrogen (secondary N) is 3. The van der Waals surface area contributed by atoms with Gasteiger partial charge in [-0.05, 0) is 23.9 Å². The van der Waals surface area contributed by atoms with Crippen LogP contribution in [0.2, 0.25) is 0 Å². The highest BCUT2D eigenvalue weighted by Gasteiger charge is 2.11. The number of H-pyrrole nitrogens is 1. The molecular weight excluding hydrogens is 352 g/mol. The molecule has 10 heteroatoms. The van der Waals surface area contributed by atoms with Crippen LogP contribution in [0.1, 0.15) is 16.9 Å². The maximum Gasteiger partial charge on any atom is 0.271 e. The van der Waals surface area contributed by atoms with E-state index >= 15 is 0 Å². The van der Waals surface area contributed by atoms with E-state index in [0.29, 0.717) is 30.5 Å². The van der Waals surface area contributed by atoms with E-state index in [4.69, 9.17) is 0 Å². The van der Waals surface area contributed by atoms with Gasteiger partial charge in [-0.15, -0.1) is 16.5 Å².